The summed E-state index contributed by atoms with van der Waals surface area (Å²) >= 11 is 0. The number of carbonyl (C=O) groups excluding carboxylic acids is 2. The van der Waals surface area contributed by atoms with E-state index in [2.05, 4.69) is 10.6 Å². The summed E-state index contributed by atoms with van der Waals surface area (Å²) in [7, 11) is 0. The highest BCUT2D eigenvalue weighted by Crippen LogP contribution is 2.10. The van der Waals surface area contributed by atoms with E-state index in [4.69, 9.17) is 5.73 Å². The van der Waals surface area contributed by atoms with Gasteiger partial charge in [-0.2, -0.15) is 0 Å². The molecule has 6 heteroatoms. The van der Waals surface area contributed by atoms with E-state index in [1.54, 1.807) is 12.1 Å². The Morgan fingerprint density at radius 1 is 1.17 bits per heavy atom. The van der Waals surface area contributed by atoms with Gasteiger partial charge >= 0.3 is 0 Å². The van der Waals surface area contributed by atoms with Crippen LogP contribution in [0.4, 0.5) is 4.39 Å². The molecule has 126 valence electrons. The Morgan fingerprint density at radius 3 is 2.54 bits per heavy atom. The largest absolute Gasteiger partial charge is 0.350 e. The monoisotopic (exact) mass is 329 g/mol. The summed E-state index contributed by atoms with van der Waals surface area (Å²) in [4.78, 5) is 23.0. The lowest BCUT2D eigenvalue weighted by atomic mass is 10.1. The van der Waals surface area contributed by atoms with Gasteiger partial charge in [0, 0.05) is 25.1 Å². The summed E-state index contributed by atoms with van der Waals surface area (Å²) in [5, 5.41) is 5.22. The molecule has 2 aromatic rings. The smallest absolute Gasteiger partial charge is 0.243 e. The molecule has 5 nitrogen and oxygen atoms in total. The van der Waals surface area contributed by atoms with Crippen molar-refractivity contribution in [2.75, 3.05) is 0 Å². The Morgan fingerprint density at radius 2 is 1.92 bits per heavy atom. The number of benzene rings is 2. The first-order valence-electron chi connectivity index (χ1n) is 7.62. The van der Waals surface area contributed by atoms with Gasteiger partial charge in [0.05, 0.1) is 0 Å². The molecule has 0 aliphatic heterocycles. The lowest BCUT2D eigenvalue weighted by Gasteiger charge is -2.16. The lowest BCUT2D eigenvalue weighted by molar-refractivity contribution is -0.125. The van der Waals surface area contributed by atoms with Crippen molar-refractivity contribution in [3.05, 3.63) is 71.0 Å². The molecule has 2 rings (SSSR count). The molecule has 4 N–H and O–H groups in total. The number of hydrogen-bond acceptors (Lipinski definition) is 3. The average molecular weight is 329 g/mol. The Hall–Kier alpha value is -2.73. The molecule has 2 aromatic carbocycles. The Kier molecular flexibility index (Phi) is 6.45. The number of nitrogens with one attached hydrogen (secondary N) is 2. The van der Waals surface area contributed by atoms with Crippen molar-refractivity contribution in [1.29, 1.82) is 0 Å². The SMILES string of the molecule is NCc1ccc(CNC(=O)[C@H](Cc2ccccc2)NC=O)cc1F. The van der Waals surface area contributed by atoms with E-state index in [0.29, 0.717) is 24.0 Å². The van der Waals surface area contributed by atoms with Gasteiger partial charge in [-0.1, -0.05) is 42.5 Å². The molecule has 0 bridgehead atoms. The average Bonchev–Trinajstić information content (AvgIpc) is 2.60. The van der Waals surface area contributed by atoms with Gasteiger partial charge in [0.15, 0.2) is 0 Å². The van der Waals surface area contributed by atoms with Crippen LogP contribution in [-0.4, -0.2) is 18.4 Å². The molecule has 0 radical (unpaired) electrons. The van der Waals surface area contributed by atoms with Crippen LogP contribution in [0.1, 0.15) is 16.7 Å². The van der Waals surface area contributed by atoms with E-state index in [-0.39, 0.29) is 19.0 Å². The van der Waals surface area contributed by atoms with Gasteiger partial charge in [-0.3, -0.25) is 9.59 Å². The van der Waals surface area contributed by atoms with Crippen LogP contribution in [0.2, 0.25) is 0 Å². The second-order valence-corrected chi connectivity index (χ2v) is 5.37. The predicted octanol–water partition coefficient (Wildman–Crippen LogP) is 1.26. The maximum atomic E-state index is 13.7. The van der Waals surface area contributed by atoms with E-state index in [1.807, 2.05) is 30.3 Å². The van der Waals surface area contributed by atoms with Gasteiger partial charge in [0.1, 0.15) is 11.9 Å². The first kappa shape index (κ1) is 17.6. The Balaban J connectivity index is 1.97. The summed E-state index contributed by atoms with van der Waals surface area (Å²) in [5.41, 5.74) is 7.41. The summed E-state index contributed by atoms with van der Waals surface area (Å²) < 4.78 is 13.7. The van der Waals surface area contributed by atoms with Crippen LogP contribution in [0.25, 0.3) is 0 Å². The van der Waals surface area contributed by atoms with Gasteiger partial charge in [0.25, 0.3) is 0 Å². The van der Waals surface area contributed by atoms with Crippen molar-refractivity contribution < 1.29 is 14.0 Å². The van der Waals surface area contributed by atoms with Crippen molar-refractivity contribution in [2.24, 2.45) is 5.73 Å². The maximum Gasteiger partial charge on any atom is 0.243 e. The summed E-state index contributed by atoms with van der Waals surface area (Å²) in [5.74, 6) is -0.717. The minimum Gasteiger partial charge on any atom is -0.350 e. The number of rotatable bonds is 8. The number of nitrogens with two attached hydrogens (primary N) is 1. The van der Waals surface area contributed by atoms with E-state index < -0.39 is 11.9 Å². The zero-order valence-electron chi connectivity index (χ0n) is 13.2. The van der Waals surface area contributed by atoms with Crippen LogP contribution in [0.15, 0.2) is 48.5 Å². The van der Waals surface area contributed by atoms with E-state index in [9.17, 15) is 14.0 Å². The summed E-state index contributed by atoms with van der Waals surface area (Å²) in [6.07, 6.45) is 0.884. The fourth-order valence-corrected chi connectivity index (χ4v) is 2.34. The quantitative estimate of drug-likeness (QED) is 0.638. The normalized spacial score (nSPS) is 11.6. The number of halogens is 1. The highest BCUT2D eigenvalue weighted by molar-refractivity contribution is 5.83. The third-order valence-electron chi connectivity index (χ3n) is 3.67. The van der Waals surface area contributed by atoms with Crippen molar-refractivity contribution >= 4 is 12.3 Å². The predicted molar refractivity (Wildman–Crippen MR) is 89.3 cm³/mol. The molecule has 0 saturated heterocycles. The Bertz CT molecular complexity index is 692. The van der Waals surface area contributed by atoms with Crippen LogP contribution < -0.4 is 16.4 Å². The van der Waals surface area contributed by atoms with Crippen molar-refractivity contribution in [3.63, 3.8) is 0 Å². The van der Waals surface area contributed by atoms with Crippen molar-refractivity contribution in [3.8, 4) is 0 Å². The molecular formula is C18H20FN3O2. The van der Waals surface area contributed by atoms with Crippen LogP contribution in [-0.2, 0) is 29.1 Å². The molecule has 0 spiro atoms. The third kappa shape index (κ3) is 4.89. The second-order valence-electron chi connectivity index (χ2n) is 5.37. The second kappa shape index (κ2) is 8.79. The molecular weight excluding hydrogens is 309 g/mol. The molecule has 24 heavy (non-hydrogen) atoms. The summed E-state index contributed by atoms with van der Waals surface area (Å²) in [6.45, 7) is 0.299. The Labute approximate surface area is 140 Å². The van der Waals surface area contributed by atoms with Gasteiger partial charge in [-0.15, -0.1) is 0 Å². The lowest BCUT2D eigenvalue weighted by Crippen LogP contribution is -2.44. The number of amides is 2. The molecule has 0 aliphatic rings. The minimum absolute atomic E-state index is 0.126. The fraction of sp³-hybridized carbons (Fsp3) is 0.222. The standard InChI is InChI=1S/C18H20FN3O2/c19-16-8-14(6-7-15(16)10-20)11-21-18(24)17(22-12-23)9-13-4-2-1-3-5-13/h1-8,12,17H,9-11,20H2,(H,21,24)(H,22,23)/t17-/m0/s1. The highest BCUT2D eigenvalue weighted by atomic mass is 19.1. The van der Waals surface area contributed by atoms with Crippen LogP contribution >= 0.6 is 0 Å². The van der Waals surface area contributed by atoms with Gasteiger partial charge in [0.2, 0.25) is 12.3 Å². The molecule has 0 saturated carbocycles. The molecule has 0 aliphatic carbocycles. The van der Waals surface area contributed by atoms with E-state index in [1.165, 1.54) is 6.07 Å². The van der Waals surface area contributed by atoms with Crippen molar-refractivity contribution in [2.45, 2.75) is 25.6 Å². The first-order chi connectivity index (χ1) is 11.6. The molecule has 1 atom stereocenters. The van der Waals surface area contributed by atoms with Crippen LogP contribution in [0.3, 0.4) is 0 Å². The molecule has 0 aromatic heterocycles. The third-order valence-corrected chi connectivity index (χ3v) is 3.67. The topological polar surface area (TPSA) is 84.2 Å². The number of carbonyl (C=O) groups is 2. The first-order valence-corrected chi connectivity index (χ1v) is 7.62. The minimum atomic E-state index is -0.682. The highest BCUT2D eigenvalue weighted by Gasteiger charge is 2.17. The van der Waals surface area contributed by atoms with E-state index >= 15 is 0 Å². The van der Waals surface area contributed by atoms with Gasteiger partial charge in [-0.05, 0) is 17.2 Å². The van der Waals surface area contributed by atoms with Crippen LogP contribution in [0.5, 0.6) is 0 Å². The molecule has 0 fully saturated rings. The maximum absolute atomic E-state index is 13.7. The molecule has 2 amide bonds. The van der Waals surface area contributed by atoms with Gasteiger partial charge < -0.3 is 16.4 Å². The fourth-order valence-electron chi connectivity index (χ4n) is 2.34. The summed E-state index contributed by atoms with van der Waals surface area (Å²) in [6, 6.07) is 13.4. The molecule has 0 unspecified atom stereocenters. The van der Waals surface area contributed by atoms with Crippen LogP contribution in [0, 0.1) is 5.82 Å². The number of hydrogen-bond donors (Lipinski definition) is 3. The van der Waals surface area contributed by atoms with Crippen molar-refractivity contribution in [1.82, 2.24) is 10.6 Å². The van der Waals surface area contributed by atoms with Gasteiger partial charge in [-0.25, -0.2) is 4.39 Å². The zero-order chi connectivity index (χ0) is 17.4. The molecule has 0 heterocycles. The van der Waals surface area contributed by atoms with E-state index in [0.717, 1.165) is 5.56 Å². The zero-order valence-corrected chi connectivity index (χ0v) is 13.2.